The minimum Gasteiger partial charge on any atom is -0.312 e. The molecule has 0 aliphatic carbocycles. The molecule has 1 heterocycles. The fourth-order valence-corrected chi connectivity index (χ4v) is 2.13. The molecule has 0 spiro atoms. The Kier molecular flexibility index (Phi) is 4.59. The van der Waals surface area contributed by atoms with Crippen LogP contribution >= 0.6 is 11.3 Å². The van der Waals surface area contributed by atoms with Crippen LogP contribution in [0.25, 0.3) is 0 Å². The highest BCUT2D eigenvalue weighted by Gasteiger charge is 2.07. The Balaban J connectivity index is 2.47. The molecule has 0 saturated carbocycles. The molecule has 0 aliphatic heterocycles. The molecule has 70 valence electrons. The van der Waals surface area contributed by atoms with Crippen LogP contribution in [0.15, 0.2) is 17.5 Å². The number of nitrogens with one attached hydrogen (secondary N) is 1. The summed E-state index contributed by atoms with van der Waals surface area (Å²) in [6.45, 7) is 1.89. The van der Waals surface area contributed by atoms with Gasteiger partial charge in [-0.05, 0) is 31.8 Å². The average molecular weight is 193 g/mol. The van der Waals surface area contributed by atoms with Gasteiger partial charge in [0.2, 0.25) is 0 Å². The molecule has 1 rings (SSSR count). The Morgan fingerprint density at radius 1 is 1.62 bits per heavy atom. The second-order valence-electron chi connectivity index (χ2n) is 2.82. The van der Waals surface area contributed by atoms with Crippen LogP contribution in [0.4, 0.5) is 0 Å². The van der Waals surface area contributed by atoms with E-state index in [0.717, 1.165) is 12.8 Å². The van der Waals surface area contributed by atoms with E-state index >= 15 is 0 Å². The molecule has 0 fully saturated rings. The minimum atomic E-state index is 0.473. The van der Waals surface area contributed by atoms with Gasteiger partial charge in [-0.15, -0.1) is 23.2 Å². The summed E-state index contributed by atoms with van der Waals surface area (Å²) in [5, 5.41) is 5.42. The fourth-order valence-electron chi connectivity index (χ4n) is 1.26. The van der Waals surface area contributed by atoms with Crippen molar-refractivity contribution in [2.24, 2.45) is 0 Å². The lowest BCUT2D eigenvalue weighted by molar-refractivity contribution is 0.567. The number of thiophene rings is 1. The van der Waals surface area contributed by atoms with Gasteiger partial charge in [0.1, 0.15) is 0 Å². The normalized spacial score (nSPS) is 11.8. The Morgan fingerprint density at radius 3 is 3.00 bits per heavy atom. The van der Waals surface area contributed by atoms with Gasteiger partial charge in [-0.2, -0.15) is 0 Å². The van der Waals surface area contributed by atoms with Crippen LogP contribution in [0.5, 0.6) is 0 Å². The first-order valence-electron chi connectivity index (χ1n) is 4.48. The van der Waals surface area contributed by atoms with Crippen molar-refractivity contribution in [3.63, 3.8) is 0 Å². The van der Waals surface area contributed by atoms with Gasteiger partial charge in [0.05, 0.1) is 0 Å². The summed E-state index contributed by atoms with van der Waals surface area (Å²) >= 11 is 1.80. The Labute approximate surface area is 84.2 Å². The van der Waals surface area contributed by atoms with Crippen molar-refractivity contribution in [2.75, 3.05) is 7.05 Å². The molecule has 1 unspecified atom stereocenters. The van der Waals surface area contributed by atoms with E-state index in [4.69, 9.17) is 0 Å². The second-order valence-corrected chi connectivity index (χ2v) is 3.80. The van der Waals surface area contributed by atoms with Gasteiger partial charge in [-0.1, -0.05) is 6.07 Å². The highest BCUT2D eigenvalue weighted by atomic mass is 32.1. The van der Waals surface area contributed by atoms with Crippen molar-refractivity contribution in [3.05, 3.63) is 22.4 Å². The molecular weight excluding hydrogens is 178 g/mol. The first kappa shape index (κ1) is 10.3. The van der Waals surface area contributed by atoms with E-state index < -0.39 is 0 Å². The zero-order valence-electron chi connectivity index (χ0n) is 8.13. The van der Waals surface area contributed by atoms with Crippen LogP contribution in [-0.4, -0.2) is 7.05 Å². The lowest BCUT2D eigenvalue weighted by Gasteiger charge is -2.11. The minimum absolute atomic E-state index is 0.473. The van der Waals surface area contributed by atoms with Crippen LogP contribution in [0, 0.1) is 11.8 Å². The van der Waals surface area contributed by atoms with Crippen molar-refractivity contribution in [3.8, 4) is 11.8 Å². The largest absolute Gasteiger partial charge is 0.312 e. The Bertz CT molecular complexity index is 279. The van der Waals surface area contributed by atoms with Gasteiger partial charge in [0.25, 0.3) is 0 Å². The molecule has 0 aromatic carbocycles. The molecule has 1 aromatic heterocycles. The van der Waals surface area contributed by atoms with Crippen molar-refractivity contribution in [1.29, 1.82) is 0 Å². The predicted octanol–water partition coefficient (Wildman–Crippen LogP) is 2.81. The maximum absolute atomic E-state index is 3.31. The molecule has 1 N–H and O–H groups in total. The summed E-state index contributed by atoms with van der Waals surface area (Å²) in [4.78, 5) is 1.40. The molecule has 1 aromatic rings. The van der Waals surface area contributed by atoms with Crippen LogP contribution in [0.1, 0.15) is 30.7 Å². The third kappa shape index (κ3) is 3.22. The number of rotatable bonds is 4. The van der Waals surface area contributed by atoms with E-state index in [1.54, 1.807) is 11.3 Å². The lowest BCUT2D eigenvalue weighted by atomic mass is 10.1. The highest BCUT2D eigenvalue weighted by Crippen LogP contribution is 2.22. The molecule has 2 heteroatoms. The predicted molar refractivity (Wildman–Crippen MR) is 58.8 cm³/mol. The van der Waals surface area contributed by atoms with E-state index in [9.17, 15) is 0 Å². The lowest BCUT2D eigenvalue weighted by Crippen LogP contribution is -2.14. The second kappa shape index (κ2) is 5.80. The quantitative estimate of drug-likeness (QED) is 0.725. The summed E-state index contributed by atoms with van der Waals surface area (Å²) in [6.07, 6.45) is 2.07. The van der Waals surface area contributed by atoms with Crippen LogP contribution in [-0.2, 0) is 0 Å². The standard InChI is InChI=1S/C11H15NS/c1-3-4-5-7-10(12-2)11-8-6-9-13-11/h6,8-10,12H,5,7H2,1-2H3. The van der Waals surface area contributed by atoms with E-state index in [-0.39, 0.29) is 0 Å². The number of hydrogen-bond donors (Lipinski definition) is 1. The Morgan fingerprint density at radius 2 is 2.46 bits per heavy atom. The zero-order valence-corrected chi connectivity index (χ0v) is 8.95. The highest BCUT2D eigenvalue weighted by molar-refractivity contribution is 7.10. The van der Waals surface area contributed by atoms with Crippen LogP contribution in [0.3, 0.4) is 0 Å². The average Bonchev–Trinajstić information content (AvgIpc) is 2.65. The SMILES string of the molecule is CC#CCCC(NC)c1cccs1. The summed E-state index contributed by atoms with van der Waals surface area (Å²) in [7, 11) is 2.00. The van der Waals surface area contributed by atoms with Crippen molar-refractivity contribution >= 4 is 11.3 Å². The third-order valence-corrected chi connectivity index (χ3v) is 2.96. The maximum atomic E-state index is 3.31. The Hall–Kier alpha value is -0.780. The molecule has 0 aliphatic rings. The topological polar surface area (TPSA) is 12.0 Å². The monoisotopic (exact) mass is 193 g/mol. The van der Waals surface area contributed by atoms with Crippen LogP contribution < -0.4 is 5.32 Å². The number of hydrogen-bond acceptors (Lipinski definition) is 2. The molecule has 1 atom stereocenters. The summed E-state index contributed by atoms with van der Waals surface area (Å²) in [5.74, 6) is 6.01. The molecule has 0 bridgehead atoms. The van der Waals surface area contributed by atoms with E-state index in [1.807, 2.05) is 14.0 Å². The molecule has 0 amide bonds. The van der Waals surface area contributed by atoms with E-state index in [2.05, 4.69) is 34.7 Å². The van der Waals surface area contributed by atoms with Gasteiger partial charge in [0.15, 0.2) is 0 Å². The van der Waals surface area contributed by atoms with Gasteiger partial charge in [-0.25, -0.2) is 0 Å². The first-order chi connectivity index (χ1) is 6.38. The van der Waals surface area contributed by atoms with E-state index in [1.165, 1.54) is 4.88 Å². The van der Waals surface area contributed by atoms with Gasteiger partial charge in [0, 0.05) is 17.3 Å². The summed E-state index contributed by atoms with van der Waals surface area (Å²) in [6, 6.07) is 4.74. The third-order valence-electron chi connectivity index (χ3n) is 1.97. The molecule has 0 radical (unpaired) electrons. The van der Waals surface area contributed by atoms with Crippen molar-refractivity contribution in [1.82, 2.24) is 5.32 Å². The van der Waals surface area contributed by atoms with Crippen LogP contribution in [0.2, 0.25) is 0 Å². The van der Waals surface area contributed by atoms with Gasteiger partial charge >= 0.3 is 0 Å². The van der Waals surface area contributed by atoms with E-state index in [0.29, 0.717) is 6.04 Å². The molecule has 13 heavy (non-hydrogen) atoms. The van der Waals surface area contributed by atoms with Crippen molar-refractivity contribution < 1.29 is 0 Å². The first-order valence-corrected chi connectivity index (χ1v) is 5.36. The fraction of sp³-hybridized carbons (Fsp3) is 0.455. The molecule has 0 saturated heterocycles. The summed E-state index contributed by atoms with van der Waals surface area (Å²) in [5.41, 5.74) is 0. The molecule has 1 nitrogen and oxygen atoms in total. The molecular formula is C11H15NS. The maximum Gasteiger partial charge on any atom is 0.0421 e. The van der Waals surface area contributed by atoms with Gasteiger partial charge in [-0.3, -0.25) is 0 Å². The zero-order chi connectivity index (χ0) is 9.52. The summed E-state index contributed by atoms with van der Waals surface area (Å²) < 4.78 is 0. The smallest absolute Gasteiger partial charge is 0.0421 e. The van der Waals surface area contributed by atoms with Gasteiger partial charge < -0.3 is 5.32 Å². The van der Waals surface area contributed by atoms with Crippen molar-refractivity contribution in [2.45, 2.75) is 25.8 Å².